The maximum absolute atomic E-state index is 5.96. The van der Waals surface area contributed by atoms with Crippen LogP contribution in [0.5, 0.6) is 0 Å². The molecule has 0 heterocycles. The summed E-state index contributed by atoms with van der Waals surface area (Å²) in [5, 5.41) is 4.24. The quantitative estimate of drug-likeness (QED) is 0.832. The van der Waals surface area contributed by atoms with Crippen molar-refractivity contribution < 1.29 is 0 Å². The minimum Gasteiger partial charge on any atom is -0.381 e. The van der Waals surface area contributed by atoms with Crippen molar-refractivity contribution in [1.29, 1.82) is 0 Å². The second-order valence-corrected chi connectivity index (χ2v) is 6.27. The molecule has 2 aromatic carbocycles. The first-order valence-electron chi connectivity index (χ1n) is 6.46. The van der Waals surface area contributed by atoms with Crippen molar-refractivity contribution in [2.75, 3.05) is 19.4 Å². The Bertz CT molecular complexity index is 584. The van der Waals surface area contributed by atoms with Gasteiger partial charge in [-0.25, -0.2) is 0 Å². The van der Waals surface area contributed by atoms with Gasteiger partial charge in [-0.1, -0.05) is 51.8 Å². The average molecular weight is 354 g/mol. The smallest absolute Gasteiger partial charge is 0.0417 e. The zero-order valence-electron chi connectivity index (χ0n) is 11.7. The Morgan fingerprint density at radius 1 is 1.10 bits per heavy atom. The van der Waals surface area contributed by atoms with E-state index in [0.717, 1.165) is 22.6 Å². The van der Waals surface area contributed by atoms with Crippen LogP contribution in [0, 0.1) is 0 Å². The third kappa shape index (κ3) is 4.23. The molecule has 0 aromatic heterocycles. The summed E-state index contributed by atoms with van der Waals surface area (Å²) in [4.78, 5) is 2.17. The maximum atomic E-state index is 5.96. The maximum Gasteiger partial charge on any atom is 0.0417 e. The summed E-state index contributed by atoms with van der Waals surface area (Å²) in [6.07, 6.45) is 0. The zero-order chi connectivity index (χ0) is 14.5. The van der Waals surface area contributed by atoms with Gasteiger partial charge in [0.15, 0.2) is 0 Å². The molecule has 0 unspecified atom stereocenters. The lowest BCUT2D eigenvalue weighted by Crippen LogP contribution is -2.13. The fraction of sp³-hybridized carbons (Fsp3) is 0.250. The molecule has 0 saturated heterocycles. The second-order valence-electron chi connectivity index (χ2n) is 4.98. The first-order chi connectivity index (χ1) is 9.56. The van der Waals surface area contributed by atoms with Gasteiger partial charge in [0, 0.05) is 28.3 Å². The number of nitrogens with zero attached hydrogens (tertiary/aromatic N) is 1. The first-order valence-corrected chi connectivity index (χ1v) is 7.64. The van der Waals surface area contributed by atoms with E-state index >= 15 is 0 Å². The SMILES string of the molecule is CN(C)Cc1ccccc1NCc1ccc(Cl)cc1Br. The highest BCUT2D eigenvalue weighted by atomic mass is 79.9. The lowest BCUT2D eigenvalue weighted by atomic mass is 10.1. The van der Waals surface area contributed by atoms with Gasteiger partial charge in [0.25, 0.3) is 0 Å². The summed E-state index contributed by atoms with van der Waals surface area (Å²) in [5.41, 5.74) is 3.65. The van der Waals surface area contributed by atoms with Crippen molar-refractivity contribution in [2.45, 2.75) is 13.1 Å². The van der Waals surface area contributed by atoms with E-state index < -0.39 is 0 Å². The summed E-state index contributed by atoms with van der Waals surface area (Å²) < 4.78 is 1.03. The molecule has 2 aromatic rings. The average Bonchev–Trinajstić information content (AvgIpc) is 2.39. The van der Waals surface area contributed by atoms with E-state index in [1.165, 1.54) is 16.8 Å². The Hall–Kier alpha value is -1.03. The largest absolute Gasteiger partial charge is 0.381 e. The Balaban J connectivity index is 2.10. The van der Waals surface area contributed by atoms with Crippen LogP contribution in [0.1, 0.15) is 11.1 Å². The van der Waals surface area contributed by atoms with E-state index in [0.29, 0.717) is 0 Å². The van der Waals surface area contributed by atoms with Gasteiger partial charge in [0.1, 0.15) is 0 Å². The van der Waals surface area contributed by atoms with Crippen molar-refractivity contribution >= 4 is 33.2 Å². The summed E-state index contributed by atoms with van der Waals surface area (Å²) in [6, 6.07) is 14.3. The molecule has 0 aliphatic carbocycles. The van der Waals surface area contributed by atoms with Gasteiger partial charge in [-0.3, -0.25) is 0 Å². The lowest BCUT2D eigenvalue weighted by Gasteiger charge is -2.16. The molecule has 106 valence electrons. The molecule has 0 spiro atoms. The number of hydrogen-bond acceptors (Lipinski definition) is 2. The number of nitrogens with one attached hydrogen (secondary N) is 1. The van der Waals surface area contributed by atoms with Crippen LogP contribution in [0.15, 0.2) is 46.9 Å². The normalized spacial score (nSPS) is 10.8. The van der Waals surface area contributed by atoms with Gasteiger partial charge in [0.05, 0.1) is 0 Å². The fourth-order valence-corrected chi connectivity index (χ4v) is 2.85. The highest BCUT2D eigenvalue weighted by Crippen LogP contribution is 2.23. The molecule has 0 amide bonds. The van der Waals surface area contributed by atoms with E-state index in [9.17, 15) is 0 Å². The molecular formula is C16H18BrClN2. The highest BCUT2D eigenvalue weighted by Gasteiger charge is 2.05. The van der Waals surface area contributed by atoms with E-state index in [-0.39, 0.29) is 0 Å². The molecule has 0 bridgehead atoms. The van der Waals surface area contributed by atoms with Crippen LogP contribution in [0.4, 0.5) is 5.69 Å². The Kier molecular flexibility index (Phi) is 5.46. The zero-order valence-corrected chi connectivity index (χ0v) is 14.0. The fourth-order valence-electron chi connectivity index (χ4n) is 2.03. The Labute approximate surface area is 133 Å². The van der Waals surface area contributed by atoms with Crippen molar-refractivity contribution in [3.8, 4) is 0 Å². The monoisotopic (exact) mass is 352 g/mol. The minimum absolute atomic E-state index is 0.744. The third-order valence-corrected chi connectivity index (χ3v) is 3.96. The summed E-state index contributed by atoms with van der Waals surface area (Å²) in [7, 11) is 4.15. The number of rotatable bonds is 5. The molecule has 2 nitrogen and oxygen atoms in total. The van der Waals surface area contributed by atoms with Gasteiger partial charge < -0.3 is 10.2 Å². The van der Waals surface area contributed by atoms with Crippen LogP contribution < -0.4 is 5.32 Å². The predicted molar refractivity (Wildman–Crippen MR) is 90.3 cm³/mol. The number of benzene rings is 2. The molecule has 20 heavy (non-hydrogen) atoms. The van der Waals surface area contributed by atoms with Crippen molar-refractivity contribution in [3.63, 3.8) is 0 Å². The molecular weight excluding hydrogens is 336 g/mol. The Morgan fingerprint density at radius 2 is 1.85 bits per heavy atom. The van der Waals surface area contributed by atoms with Crippen LogP contribution in [-0.2, 0) is 13.1 Å². The van der Waals surface area contributed by atoms with Crippen LogP contribution in [0.25, 0.3) is 0 Å². The molecule has 4 heteroatoms. The summed E-state index contributed by atoms with van der Waals surface area (Å²) in [6.45, 7) is 1.69. The van der Waals surface area contributed by atoms with Crippen molar-refractivity contribution in [1.82, 2.24) is 4.90 Å². The molecule has 0 radical (unpaired) electrons. The molecule has 0 fully saturated rings. The summed E-state index contributed by atoms with van der Waals surface area (Å²) in [5.74, 6) is 0. The minimum atomic E-state index is 0.744. The molecule has 1 N–H and O–H groups in total. The van der Waals surface area contributed by atoms with Gasteiger partial charge in [-0.2, -0.15) is 0 Å². The highest BCUT2D eigenvalue weighted by molar-refractivity contribution is 9.10. The lowest BCUT2D eigenvalue weighted by molar-refractivity contribution is 0.403. The molecule has 0 saturated carbocycles. The third-order valence-electron chi connectivity index (χ3n) is 2.99. The van der Waals surface area contributed by atoms with Gasteiger partial charge in [0.2, 0.25) is 0 Å². The number of para-hydroxylation sites is 1. The first kappa shape index (κ1) is 15.4. The van der Waals surface area contributed by atoms with Gasteiger partial charge in [-0.05, 0) is 43.4 Å². The van der Waals surface area contributed by atoms with Crippen molar-refractivity contribution in [3.05, 3.63) is 63.1 Å². The van der Waals surface area contributed by atoms with E-state index in [4.69, 9.17) is 11.6 Å². The van der Waals surface area contributed by atoms with E-state index in [1.54, 1.807) is 0 Å². The van der Waals surface area contributed by atoms with Crippen LogP contribution in [0.2, 0.25) is 5.02 Å². The van der Waals surface area contributed by atoms with Crippen LogP contribution in [-0.4, -0.2) is 19.0 Å². The second kappa shape index (κ2) is 7.11. The van der Waals surface area contributed by atoms with Gasteiger partial charge in [-0.15, -0.1) is 0 Å². The number of halogens is 2. The summed E-state index contributed by atoms with van der Waals surface area (Å²) >= 11 is 9.51. The molecule has 0 atom stereocenters. The molecule has 0 aliphatic rings. The van der Waals surface area contributed by atoms with E-state index in [1.807, 2.05) is 18.2 Å². The van der Waals surface area contributed by atoms with Crippen molar-refractivity contribution in [2.24, 2.45) is 0 Å². The van der Waals surface area contributed by atoms with Crippen LogP contribution >= 0.6 is 27.5 Å². The molecule has 0 aliphatic heterocycles. The number of anilines is 1. The van der Waals surface area contributed by atoms with Gasteiger partial charge >= 0.3 is 0 Å². The topological polar surface area (TPSA) is 15.3 Å². The predicted octanol–water partition coefficient (Wildman–Crippen LogP) is 4.78. The number of hydrogen-bond donors (Lipinski definition) is 1. The Morgan fingerprint density at radius 3 is 2.55 bits per heavy atom. The molecule has 2 rings (SSSR count). The standard InChI is InChI=1S/C16H18BrClN2/c1-20(2)11-13-5-3-4-6-16(13)19-10-12-7-8-14(18)9-15(12)17/h3-9,19H,10-11H2,1-2H3. The van der Waals surface area contributed by atoms with Crippen LogP contribution in [0.3, 0.4) is 0 Å². The van der Waals surface area contributed by atoms with E-state index in [2.05, 4.69) is 64.5 Å².